The van der Waals surface area contributed by atoms with Crippen LogP contribution in [0, 0.1) is 0 Å². The lowest BCUT2D eigenvalue weighted by Gasteiger charge is -1.96. The van der Waals surface area contributed by atoms with Gasteiger partial charge in [0.05, 0.1) is 66.1 Å². The van der Waals surface area contributed by atoms with E-state index in [9.17, 15) is 33.6 Å². The van der Waals surface area contributed by atoms with Gasteiger partial charge in [0.25, 0.3) is 0 Å². The molecule has 0 saturated carbocycles. The van der Waals surface area contributed by atoms with Crippen LogP contribution in [0.4, 0.5) is 0 Å². The van der Waals surface area contributed by atoms with E-state index in [-0.39, 0.29) is 66.1 Å². The molecule has 0 aliphatic carbocycles. The van der Waals surface area contributed by atoms with Crippen molar-refractivity contribution in [3.8, 4) is 0 Å². The molecule has 0 spiro atoms. The smallest absolute Gasteiger partial charge is 0.303 e. The van der Waals surface area contributed by atoms with E-state index in [4.69, 9.17) is 112 Å². The second kappa shape index (κ2) is 119. The Hall–Kier alpha value is -4.31. The first-order valence-corrected chi connectivity index (χ1v) is 36.5. The van der Waals surface area contributed by atoms with Gasteiger partial charge >= 0.3 is 41.8 Å². The largest absolute Gasteiger partial charge is 0.481 e. The van der Waals surface area contributed by atoms with Crippen LogP contribution in [0.1, 0.15) is 318 Å². The van der Waals surface area contributed by atoms with Crippen molar-refractivity contribution in [1.29, 1.82) is 0 Å². The zero-order valence-electron chi connectivity index (χ0n) is 62.9. The topological polar surface area (TPSA) is 565 Å². The number of hydrogen-bond donors (Lipinski definition) is 22. The minimum atomic E-state index is -0.954. The number of aliphatic carboxylic acids is 7. The Bertz CT molecular complexity index is 1220. The van der Waals surface area contributed by atoms with E-state index >= 15 is 0 Å². The summed E-state index contributed by atoms with van der Waals surface area (Å²) < 4.78 is 0. The van der Waals surface area contributed by atoms with E-state index in [0.29, 0.717) is 44.9 Å². The second-order valence-electron chi connectivity index (χ2n) is 23.0. The third-order valence-electron chi connectivity index (χ3n) is 12.6. The molecule has 0 atom stereocenters. The summed E-state index contributed by atoms with van der Waals surface area (Å²) in [6.45, 7) is 11.4. The third kappa shape index (κ3) is 192. The molecule has 0 amide bonds. The highest BCUT2D eigenvalue weighted by atomic mass is 16.4. The summed E-state index contributed by atoms with van der Waals surface area (Å²) in [6.07, 6.45) is 36.4. The van der Waals surface area contributed by atoms with Crippen molar-refractivity contribution in [2.75, 3.05) is 66.1 Å². The van der Waals surface area contributed by atoms with Gasteiger partial charge in [0.1, 0.15) is 30.5 Å². The summed E-state index contributed by atoms with van der Waals surface area (Å²) >= 11 is 0. The molecule has 0 aliphatic heterocycles. The Labute approximate surface area is 600 Å². The molecule has 29 nitrogen and oxygen atoms in total. The lowest BCUT2D eigenvalue weighted by atomic mass is 10.1. The molecule has 0 saturated heterocycles. The molecular formula is C71H152O29. The predicted octanol–water partition coefficient (Wildman–Crippen LogP) is 8.68. The summed E-state index contributed by atoms with van der Waals surface area (Å²) in [7, 11) is 0. The molecule has 0 aliphatic rings. The fourth-order valence-corrected chi connectivity index (χ4v) is 6.45. The highest BCUT2D eigenvalue weighted by Gasteiger charge is 2.02. The summed E-state index contributed by atoms with van der Waals surface area (Å²) in [4.78, 5) is 70.2. The van der Waals surface area contributed by atoms with Crippen molar-refractivity contribution in [1.82, 2.24) is 0 Å². The zero-order chi connectivity index (χ0) is 79.7. The number of hydrogen-bond acceptors (Lipinski definition) is 22. The van der Waals surface area contributed by atoms with Gasteiger partial charge in [-0.25, -0.2) is 0 Å². The van der Waals surface area contributed by atoms with Crippen LogP contribution in [0.5, 0.6) is 0 Å². The van der Waals surface area contributed by atoms with Crippen molar-refractivity contribution < 1.29 is 146 Å². The zero-order valence-corrected chi connectivity index (χ0v) is 62.9. The van der Waals surface area contributed by atoms with Crippen molar-refractivity contribution in [2.45, 2.75) is 349 Å². The fraction of sp³-hybridized carbons (Fsp3) is 0.901. The first kappa shape index (κ1) is 122. The number of carbonyl (C=O) groups is 7. The van der Waals surface area contributed by atoms with Gasteiger partial charge in [-0.3, -0.25) is 33.6 Å². The molecule has 0 aromatic rings. The molecule has 100 heavy (non-hydrogen) atoms. The maximum atomic E-state index is 10.0. The van der Waals surface area contributed by atoms with Crippen LogP contribution in [0.2, 0.25) is 0 Å². The minimum absolute atomic E-state index is 0.337. The summed E-state index contributed by atoms with van der Waals surface area (Å²) in [5, 5.41) is 178. The molecule has 0 rings (SSSR count). The van der Waals surface area contributed by atoms with E-state index in [0.717, 1.165) is 89.9 Å². The van der Waals surface area contributed by atoms with Crippen LogP contribution in [0.15, 0.2) is 0 Å². The van der Waals surface area contributed by atoms with Gasteiger partial charge in [0.15, 0.2) is 0 Å². The van der Waals surface area contributed by atoms with Gasteiger partial charge in [0.2, 0.25) is 0 Å². The maximum absolute atomic E-state index is 10.0. The highest BCUT2D eigenvalue weighted by Crippen LogP contribution is 2.09. The molecule has 0 aromatic heterocycles. The standard InChI is InChI=1S/7C8H16O2.5C3H8O3/c7*1-2-3-4-5-6-7-8(9)10;5*4-1-3(6)2-5/h7*2-7H2,1H3,(H,9,10);5*3-6H,1-2H2. The van der Waals surface area contributed by atoms with Gasteiger partial charge in [-0.05, 0) is 44.9 Å². The molecule has 0 heterocycles. The minimum Gasteiger partial charge on any atom is -0.481 e. The Balaban J connectivity index is -0.0000000850. The average Bonchev–Trinajstić information content (AvgIpc) is 3.79. The monoisotopic (exact) mass is 1470 g/mol. The quantitative estimate of drug-likeness (QED) is 0.0253. The van der Waals surface area contributed by atoms with Crippen molar-refractivity contribution in [3.05, 3.63) is 0 Å². The van der Waals surface area contributed by atoms with Crippen molar-refractivity contribution in [2.24, 2.45) is 0 Å². The summed E-state index contributed by atoms with van der Waals surface area (Å²) in [6, 6.07) is 0. The van der Waals surface area contributed by atoms with Gasteiger partial charge in [0, 0.05) is 44.9 Å². The van der Waals surface area contributed by atoms with Crippen LogP contribution >= 0.6 is 0 Å². The predicted molar refractivity (Wildman–Crippen MR) is 388 cm³/mol. The van der Waals surface area contributed by atoms with E-state index in [1.165, 1.54) is 135 Å². The fourth-order valence-electron chi connectivity index (χ4n) is 6.45. The summed E-state index contributed by atoms with van der Waals surface area (Å²) in [5.74, 6) is -4.69. The van der Waals surface area contributed by atoms with Gasteiger partial charge in [-0.2, -0.15) is 0 Å². The van der Waals surface area contributed by atoms with Gasteiger partial charge < -0.3 is 112 Å². The van der Waals surface area contributed by atoms with Gasteiger partial charge in [-0.15, -0.1) is 0 Å². The lowest BCUT2D eigenvalue weighted by molar-refractivity contribution is -0.138. The van der Waals surface area contributed by atoms with Crippen LogP contribution in [0.3, 0.4) is 0 Å². The average molecular weight is 1470 g/mol. The van der Waals surface area contributed by atoms with E-state index in [2.05, 4.69) is 48.5 Å². The first-order valence-electron chi connectivity index (χ1n) is 36.5. The lowest BCUT2D eigenvalue weighted by Crippen LogP contribution is -2.15. The molecular weight excluding hydrogens is 1320 g/mol. The Morgan fingerprint density at radius 2 is 0.250 bits per heavy atom. The Morgan fingerprint density at radius 1 is 0.170 bits per heavy atom. The second-order valence-corrected chi connectivity index (χ2v) is 23.0. The normalized spacial score (nSPS) is 9.79. The molecule has 22 N–H and O–H groups in total. The number of rotatable bonds is 52. The van der Waals surface area contributed by atoms with Crippen LogP contribution in [-0.4, -0.2) is 251 Å². The Morgan fingerprint density at radius 3 is 0.300 bits per heavy atom. The van der Waals surface area contributed by atoms with Crippen LogP contribution in [-0.2, 0) is 33.6 Å². The van der Waals surface area contributed by atoms with Crippen LogP contribution in [0.25, 0.3) is 0 Å². The molecule has 0 fully saturated rings. The van der Waals surface area contributed by atoms with Crippen molar-refractivity contribution >= 4 is 41.8 Å². The SMILES string of the molecule is CCCCCCCC(=O)O.CCCCCCCC(=O)O.CCCCCCCC(=O)O.CCCCCCCC(=O)O.CCCCCCCC(=O)O.CCCCCCCC(=O)O.CCCCCCCC(=O)O.OCC(O)CO.OCC(O)CO.OCC(O)CO.OCC(O)CO.OCC(O)CO. The number of unbranched alkanes of at least 4 members (excludes halogenated alkanes) is 28. The summed E-state index contributed by atoms with van der Waals surface area (Å²) in [5.41, 5.74) is 0. The van der Waals surface area contributed by atoms with Crippen LogP contribution < -0.4 is 0 Å². The molecule has 0 bridgehead atoms. The van der Waals surface area contributed by atoms with Crippen molar-refractivity contribution in [3.63, 3.8) is 0 Å². The molecule has 610 valence electrons. The number of aliphatic hydroxyl groups excluding tert-OH is 15. The third-order valence-corrected chi connectivity index (χ3v) is 12.6. The molecule has 29 heteroatoms. The van der Waals surface area contributed by atoms with E-state index < -0.39 is 72.3 Å². The number of aliphatic hydroxyl groups is 15. The number of carboxylic acids is 7. The first-order chi connectivity index (χ1) is 47.4. The Kier molecular flexibility index (Phi) is 145. The highest BCUT2D eigenvalue weighted by molar-refractivity contribution is 5.68. The molecule has 0 aromatic carbocycles. The van der Waals surface area contributed by atoms with E-state index in [1.54, 1.807) is 0 Å². The number of carboxylic acid groups (broad SMARTS) is 7. The molecule has 0 radical (unpaired) electrons. The van der Waals surface area contributed by atoms with E-state index in [1.807, 2.05) is 0 Å². The van der Waals surface area contributed by atoms with Gasteiger partial charge in [-0.1, -0.05) is 228 Å². The maximum Gasteiger partial charge on any atom is 0.303 e. The molecule has 0 unspecified atom stereocenters.